The Kier molecular flexibility index (Phi) is 4.91. The van der Waals surface area contributed by atoms with Gasteiger partial charge in [-0.1, -0.05) is 0 Å². The maximum Gasteiger partial charge on any atom is 0.273 e. The number of piperidine rings is 1. The van der Waals surface area contributed by atoms with Gasteiger partial charge >= 0.3 is 0 Å². The van der Waals surface area contributed by atoms with E-state index < -0.39 is 0 Å². The largest absolute Gasteiger partial charge is 0.375 e. The molecule has 1 aromatic heterocycles. The number of likely N-dealkylation sites (tertiary alicyclic amines) is 1. The summed E-state index contributed by atoms with van der Waals surface area (Å²) in [7, 11) is 1.49. The number of methoxy groups -OCH3 is 1. The Morgan fingerprint density at radius 2 is 2.25 bits per heavy atom. The van der Waals surface area contributed by atoms with Gasteiger partial charge in [-0.15, -0.1) is 11.3 Å². The molecule has 3 N–H and O–H groups in total. The molecule has 0 spiro atoms. The maximum absolute atomic E-state index is 12.2. The van der Waals surface area contributed by atoms with Crippen LogP contribution >= 0.6 is 11.3 Å². The van der Waals surface area contributed by atoms with E-state index in [1.54, 1.807) is 10.3 Å². The van der Waals surface area contributed by atoms with Crippen LogP contribution in [0.4, 0.5) is 5.13 Å². The number of nitrogens with zero attached hydrogens (tertiary/aromatic N) is 2. The highest BCUT2D eigenvalue weighted by Crippen LogP contribution is 2.17. The van der Waals surface area contributed by atoms with Crippen LogP contribution in [0.15, 0.2) is 5.38 Å². The van der Waals surface area contributed by atoms with Crippen molar-refractivity contribution < 1.29 is 14.3 Å². The number of nitrogen functional groups attached to an aromatic ring is 1. The van der Waals surface area contributed by atoms with Crippen LogP contribution in [-0.4, -0.2) is 54.5 Å². The fraction of sp³-hybridized carbons (Fsp3) is 0.583. The van der Waals surface area contributed by atoms with Crippen molar-refractivity contribution >= 4 is 28.3 Å². The topological polar surface area (TPSA) is 97.5 Å². The number of aromatic nitrogens is 1. The van der Waals surface area contributed by atoms with Gasteiger partial charge < -0.3 is 20.7 Å². The molecule has 0 aliphatic carbocycles. The molecule has 7 nitrogen and oxygen atoms in total. The summed E-state index contributed by atoms with van der Waals surface area (Å²) in [5.74, 6) is -0.218. The Bertz CT molecular complexity index is 483. The standard InChI is InChI=1S/C12H18N4O3S/c1-19-6-10(17)14-8-2-4-16(5-3-8)11(18)9-7-20-12(13)15-9/h7-8H,2-6H2,1H3,(H2,13,15)(H,14,17). The molecule has 8 heteroatoms. The van der Waals surface area contributed by atoms with Crippen LogP contribution in [0.25, 0.3) is 0 Å². The van der Waals surface area contributed by atoms with E-state index in [1.165, 1.54) is 18.4 Å². The smallest absolute Gasteiger partial charge is 0.273 e. The van der Waals surface area contributed by atoms with Gasteiger partial charge in [0.2, 0.25) is 5.91 Å². The third-order valence-corrected chi connectivity index (χ3v) is 3.84. The molecule has 0 atom stereocenters. The van der Waals surface area contributed by atoms with Crippen LogP contribution in [0.5, 0.6) is 0 Å². The number of hydrogen-bond donors (Lipinski definition) is 2. The Morgan fingerprint density at radius 3 is 2.80 bits per heavy atom. The first-order valence-corrected chi connectivity index (χ1v) is 7.26. The van der Waals surface area contributed by atoms with E-state index in [2.05, 4.69) is 10.3 Å². The highest BCUT2D eigenvalue weighted by molar-refractivity contribution is 7.13. The number of carbonyl (C=O) groups is 2. The second-order valence-electron chi connectivity index (χ2n) is 4.64. The number of nitrogens with one attached hydrogen (secondary N) is 1. The van der Waals surface area contributed by atoms with Crippen LogP contribution in [0, 0.1) is 0 Å². The van der Waals surface area contributed by atoms with E-state index in [4.69, 9.17) is 10.5 Å². The van der Waals surface area contributed by atoms with Crippen molar-refractivity contribution in [2.75, 3.05) is 32.5 Å². The Labute approximate surface area is 121 Å². The number of hydrogen-bond acceptors (Lipinski definition) is 6. The second kappa shape index (κ2) is 6.67. The first-order valence-electron chi connectivity index (χ1n) is 6.38. The van der Waals surface area contributed by atoms with Crippen molar-refractivity contribution in [3.8, 4) is 0 Å². The summed E-state index contributed by atoms with van der Waals surface area (Å²) in [6.45, 7) is 1.28. The lowest BCUT2D eigenvalue weighted by atomic mass is 10.0. The van der Waals surface area contributed by atoms with Crippen LogP contribution < -0.4 is 11.1 Å². The van der Waals surface area contributed by atoms with E-state index in [0.717, 1.165) is 12.8 Å². The molecular formula is C12H18N4O3S. The zero-order valence-electron chi connectivity index (χ0n) is 11.3. The first kappa shape index (κ1) is 14.7. The summed E-state index contributed by atoms with van der Waals surface area (Å²) in [5.41, 5.74) is 5.93. The lowest BCUT2D eigenvalue weighted by Crippen LogP contribution is -2.47. The van der Waals surface area contributed by atoms with Crippen molar-refractivity contribution in [1.29, 1.82) is 0 Å². The highest BCUT2D eigenvalue weighted by Gasteiger charge is 2.25. The van der Waals surface area contributed by atoms with Crippen LogP contribution in [0.2, 0.25) is 0 Å². The number of thiazole rings is 1. The molecule has 1 aliphatic rings. The van der Waals surface area contributed by atoms with Crippen molar-refractivity contribution in [1.82, 2.24) is 15.2 Å². The van der Waals surface area contributed by atoms with Gasteiger partial charge in [0.05, 0.1) is 0 Å². The number of nitrogens with two attached hydrogens (primary N) is 1. The second-order valence-corrected chi connectivity index (χ2v) is 5.53. The zero-order valence-corrected chi connectivity index (χ0v) is 12.1. The first-order chi connectivity index (χ1) is 9.60. The molecule has 1 aromatic rings. The minimum absolute atomic E-state index is 0.0667. The van der Waals surface area contributed by atoms with Gasteiger partial charge in [-0.2, -0.15) is 0 Å². The van der Waals surface area contributed by atoms with Gasteiger partial charge in [0.25, 0.3) is 5.91 Å². The summed E-state index contributed by atoms with van der Waals surface area (Å²) >= 11 is 1.26. The Morgan fingerprint density at radius 1 is 1.55 bits per heavy atom. The van der Waals surface area contributed by atoms with Gasteiger partial charge in [-0.05, 0) is 12.8 Å². The average molecular weight is 298 g/mol. The van der Waals surface area contributed by atoms with Gasteiger partial charge in [0.1, 0.15) is 12.3 Å². The number of amides is 2. The molecule has 1 aliphatic heterocycles. The molecule has 0 radical (unpaired) electrons. The SMILES string of the molecule is COCC(=O)NC1CCN(C(=O)c2csc(N)n2)CC1. The summed E-state index contributed by atoms with van der Waals surface area (Å²) in [6.07, 6.45) is 1.47. The van der Waals surface area contributed by atoms with Crippen molar-refractivity contribution in [2.45, 2.75) is 18.9 Å². The van der Waals surface area contributed by atoms with Gasteiger partial charge in [0.15, 0.2) is 5.13 Å². The fourth-order valence-electron chi connectivity index (χ4n) is 2.18. The summed E-state index contributed by atoms with van der Waals surface area (Å²) in [6, 6.07) is 0.0993. The third kappa shape index (κ3) is 3.67. The van der Waals surface area contributed by atoms with Crippen molar-refractivity contribution in [3.63, 3.8) is 0 Å². The van der Waals surface area contributed by atoms with E-state index in [1.807, 2.05) is 0 Å². The van der Waals surface area contributed by atoms with E-state index in [-0.39, 0.29) is 24.5 Å². The zero-order chi connectivity index (χ0) is 14.5. The van der Waals surface area contributed by atoms with Crippen LogP contribution in [-0.2, 0) is 9.53 Å². The molecular weight excluding hydrogens is 280 g/mol. The average Bonchev–Trinajstić information content (AvgIpc) is 2.86. The summed E-state index contributed by atoms with van der Waals surface area (Å²) in [5, 5.41) is 4.96. The van der Waals surface area contributed by atoms with E-state index >= 15 is 0 Å². The number of anilines is 1. The summed E-state index contributed by atoms with van der Waals surface area (Å²) in [4.78, 5) is 29.3. The molecule has 1 saturated heterocycles. The van der Waals surface area contributed by atoms with E-state index in [0.29, 0.717) is 23.9 Å². The minimum Gasteiger partial charge on any atom is -0.375 e. The summed E-state index contributed by atoms with van der Waals surface area (Å²) < 4.78 is 4.77. The normalized spacial score (nSPS) is 16.1. The van der Waals surface area contributed by atoms with E-state index in [9.17, 15) is 9.59 Å². The molecule has 110 valence electrons. The minimum atomic E-state index is -0.121. The monoisotopic (exact) mass is 298 g/mol. The molecule has 1 fully saturated rings. The Hall–Kier alpha value is -1.67. The maximum atomic E-state index is 12.2. The van der Waals surface area contributed by atoms with Crippen molar-refractivity contribution in [3.05, 3.63) is 11.1 Å². The quantitative estimate of drug-likeness (QED) is 0.821. The lowest BCUT2D eigenvalue weighted by molar-refractivity contribution is -0.125. The van der Waals surface area contributed by atoms with Crippen molar-refractivity contribution in [2.24, 2.45) is 0 Å². The third-order valence-electron chi connectivity index (χ3n) is 3.16. The van der Waals surface area contributed by atoms with Gasteiger partial charge in [0, 0.05) is 31.6 Å². The molecule has 0 unspecified atom stereocenters. The number of rotatable bonds is 4. The highest BCUT2D eigenvalue weighted by atomic mass is 32.1. The molecule has 0 aromatic carbocycles. The molecule has 0 saturated carbocycles. The van der Waals surface area contributed by atoms with Gasteiger partial charge in [-0.25, -0.2) is 4.98 Å². The predicted octanol–water partition coefficient (Wildman–Crippen LogP) is 0.0925. The molecule has 2 rings (SSSR count). The molecule has 2 amide bonds. The van der Waals surface area contributed by atoms with Crippen LogP contribution in [0.1, 0.15) is 23.3 Å². The predicted molar refractivity (Wildman–Crippen MR) is 75.5 cm³/mol. The Balaban J connectivity index is 1.82. The van der Waals surface area contributed by atoms with Gasteiger partial charge in [-0.3, -0.25) is 9.59 Å². The molecule has 0 bridgehead atoms. The number of carbonyl (C=O) groups excluding carboxylic acids is 2. The number of ether oxygens (including phenoxy) is 1. The molecule has 20 heavy (non-hydrogen) atoms. The fourth-order valence-corrected chi connectivity index (χ4v) is 2.71. The molecule has 2 heterocycles. The lowest BCUT2D eigenvalue weighted by Gasteiger charge is -2.31. The van der Waals surface area contributed by atoms with Crippen LogP contribution in [0.3, 0.4) is 0 Å².